The Hall–Kier alpha value is -9.85. The highest BCUT2D eigenvalue weighted by atomic mass is 16.4. The Balaban J connectivity index is 0.000000157. The number of aliphatic carboxylic acids is 1. The number of rotatable bonds is 23. The molecule has 2 amide bonds. The van der Waals surface area contributed by atoms with Gasteiger partial charge in [0.1, 0.15) is 38.6 Å². The molecule has 31 heteroatoms. The minimum absolute atomic E-state index is 0.0275. The second kappa shape index (κ2) is 33.1. The van der Waals surface area contributed by atoms with Crippen LogP contribution in [0.3, 0.4) is 0 Å². The molecular weight excluding hydrogens is 1200 g/mol. The number of nitrogens with two attached hydrogens (primary N) is 1. The van der Waals surface area contributed by atoms with Crippen molar-refractivity contribution >= 4 is 17.8 Å². The van der Waals surface area contributed by atoms with Crippen LogP contribution >= 0.6 is 0 Å². The molecule has 9 aromatic heterocycles. The zero-order chi connectivity index (χ0) is 66.7. The van der Waals surface area contributed by atoms with E-state index in [2.05, 4.69) is 85.5 Å². The number of carboxylic acids is 1. The van der Waals surface area contributed by atoms with Crippen molar-refractivity contribution in [1.82, 2.24) is 113 Å². The summed E-state index contributed by atoms with van der Waals surface area (Å²) in [7, 11) is 0. The van der Waals surface area contributed by atoms with Gasteiger partial charge in [-0.25, -0.2) is 29.9 Å². The highest BCUT2D eigenvalue weighted by molar-refractivity contribution is 5.76. The Labute approximate surface area is 542 Å². The van der Waals surface area contributed by atoms with Crippen LogP contribution in [0.2, 0.25) is 0 Å². The SMILES string of the molecule is CC(C)c1c(-c2cnn(CC(=O)NCCN3CCCC3)c2)nc(-n2ccnc2)[nH]c1=O.CC(C)c1c(-c2cnn(CC(=O)NCCN3CCCC3)c2)nc(-n2ccnc2)[nH]c1=O.CC(C)c1c(-c2cnn(CC(=O)O)c2)nc(-n2ccnc2)[nH]c1=O.NCCN1CCCC1. The van der Waals surface area contributed by atoms with E-state index in [1.807, 2.05) is 41.5 Å². The molecule has 0 atom stereocenters. The molecule has 500 valence electrons. The minimum Gasteiger partial charge on any atom is -0.480 e. The van der Waals surface area contributed by atoms with Crippen molar-refractivity contribution < 1.29 is 19.5 Å². The summed E-state index contributed by atoms with van der Waals surface area (Å²) in [5.74, 6) is -0.179. The number of imidazole rings is 3. The topological polar surface area (TPSA) is 375 Å². The fraction of sp³-hybridized carbons (Fsp3) is 0.476. The van der Waals surface area contributed by atoms with Crippen molar-refractivity contribution in [2.45, 2.75) is 117 Å². The highest BCUT2D eigenvalue weighted by Gasteiger charge is 2.23. The van der Waals surface area contributed by atoms with Gasteiger partial charge in [0.2, 0.25) is 29.7 Å². The van der Waals surface area contributed by atoms with Gasteiger partial charge < -0.3 is 36.2 Å². The van der Waals surface area contributed by atoms with Gasteiger partial charge in [0.15, 0.2) is 0 Å². The van der Waals surface area contributed by atoms with Crippen LogP contribution < -0.4 is 33.0 Å². The number of likely N-dealkylation sites (tertiary alicyclic amines) is 3. The van der Waals surface area contributed by atoms with Crippen molar-refractivity contribution in [3.05, 3.63) is 141 Å². The Morgan fingerprint density at radius 2 is 0.798 bits per heavy atom. The molecule has 0 aliphatic carbocycles. The van der Waals surface area contributed by atoms with Crippen LogP contribution in [-0.2, 0) is 34.0 Å². The van der Waals surface area contributed by atoms with Gasteiger partial charge in [0.05, 0.1) is 35.7 Å². The monoisotopic (exact) mass is 1290 g/mol. The van der Waals surface area contributed by atoms with Gasteiger partial charge in [0, 0.05) is 128 Å². The quantitative estimate of drug-likeness (QED) is 0.0482. The first-order valence-electron chi connectivity index (χ1n) is 32.0. The second-order valence-corrected chi connectivity index (χ2v) is 24.1. The Kier molecular flexibility index (Phi) is 24.1. The summed E-state index contributed by atoms with van der Waals surface area (Å²) in [6.07, 6.45) is 32.2. The van der Waals surface area contributed by atoms with Crippen molar-refractivity contribution in [2.24, 2.45) is 5.73 Å². The number of carboxylic acid groups (broad SMARTS) is 1. The number of hydrogen-bond donors (Lipinski definition) is 7. The Bertz CT molecular complexity index is 3870. The lowest BCUT2D eigenvalue weighted by Gasteiger charge is -2.14. The molecule has 9 aromatic rings. The third-order valence-corrected chi connectivity index (χ3v) is 16.0. The minimum atomic E-state index is -0.994. The lowest BCUT2D eigenvalue weighted by atomic mass is 10.0. The fourth-order valence-corrected chi connectivity index (χ4v) is 11.4. The number of carbonyl (C=O) groups is 3. The number of nitrogens with one attached hydrogen (secondary N) is 5. The number of amides is 2. The van der Waals surface area contributed by atoms with Gasteiger partial charge in [-0.05, 0) is 95.5 Å². The van der Waals surface area contributed by atoms with E-state index in [0.717, 1.165) is 52.4 Å². The summed E-state index contributed by atoms with van der Waals surface area (Å²) in [6, 6.07) is 0. The number of aromatic amines is 3. The summed E-state index contributed by atoms with van der Waals surface area (Å²) in [5, 5.41) is 27.4. The third-order valence-electron chi connectivity index (χ3n) is 16.0. The molecule has 12 rings (SSSR count). The van der Waals surface area contributed by atoms with Gasteiger partial charge in [-0.1, -0.05) is 41.5 Å². The number of hydrogen-bond acceptors (Lipinski definition) is 19. The van der Waals surface area contributed by atoms with Gasteiger partial charge >= 0.3 is 5.97 Å². The van der Waals surface area contributed by atoms with Gasteiger partial charge in [-0.3, -0.25) is 71.5 Å². The Morgan fingerprint density at radius 1 is 0.489 bits per heavy atom. The molecule has 0 unspecified atom stereocenters. The van der Waals surface area contributed by atoms with E-state index in [1.165, 1.54) is 68.8 Å². The molecular formula is C63H86N24O7. The molecule has 3 aliphatic heterocycles. The standard InChI is InChI=1S/2C21H28N8O2.C15H16N6O3.C6H14N2/c2*1-15(2)18-19(25-21(26-20(18)31)28-10-5-22-14-28)16-11-24-29(12-16)13-17(30)23-6-9-27-7-3-4-8-27;1-9(2)12-13(10-5-17-21(6-10)7-11(22)23)18-15(19-14(12)24)20-4-3-16-8-20;7-3-6-8-4-1-2-5-8/h2*5,10-12,14-15H,3-4,6-9,13H2,1-2H3,(H,23,30)(H,25,26,31);3-6,8-9H,7H2,1-2H3,(H,22,23)(H,18,19,24);1-7H2. The summed E-state index contributed by atoms with van der Waals surface area (Å²) in [6.45, 7) is 23.5. The first-order chi connectivity index (χ1) is 45.4. The largest absolute Gasteiger partial charge is 0.480 e. The summed E-state index contributed by atoms with van der Waals surface area (Å²) in [5.41, 5.74) is 9.99. The average molecular weight is 1290 g/mol. The lowest BCUT2D eigenvalue weighted by Crippen LogP contribution is -2.35. The van der Waals surface area contributed by atoms with Crippen LogP contribution in [0.1, 0.15) is 115 Å². The third kappa shape index (κ3) is 18.7. The number of carbonyl (C=O) groups excluding carboxylic acids is 2. The summed E-state index contributed by atoms with van der Waals surface area (Å²) < 4.78 is 9.33. The predicted molar refractivity (Wildman–Crippen MR) is 352 cm³/mol. The maximum absolute atomic E-state index is 12.8. The van der Waals surface area contributed by atoms with Crippen molar-refractivity contribution in [3.8, 4) is 51.6 Å². The summed E-state index contributed by atoms with van der Waals surface area (Å²) >= 11 is 0. The molecule has 0 spiro atoms. The van der Waals surface area contributed by atoms with E-state index in [0.29, 0.717) is 81.4 Å². The van der Waals surface area contributed by atoms with Crippen LogP contribution in [-0.4, -0.2) is 204 Å². The second-order valence-electron chi connectivity index (χ2n) is 24.1. The van der Waals surface area contributed by atoms with E-state index in [-0.39, 0.29) is 65.9 Å². The number of aromatic nitrogens is 18. The molecule has 0 saturated carbocycles. The number of nitrogens with zero attached hydrogens (tertiary/aromatic N) is 18. The summed E-state index contributed by atoms with van der Waals surface area (Å²) in [4.78, 5) is 115. The molecule has 0 aromatic carbocycles. The zero-order valence-corrected chi connectivity index (χ0v) is 54.3. The molecule has 31 nitrogen and oxygen atoms in total. The molecule has 3 fully saturated rings. The van der Waals surface area contributed by atoms with Gasteiger partial charge in [-0.15, -0.1) is 0 Å². The van der Waals surface area contributed by atoms with Crippen LogP contribution in [0.5, 0.6) is 0 Å². The van der Waals surface area contributed by atoms with E-state index in [1.54, 1.807) is 104 Å². The molecule has 0 bridgehead atoms. The fourth-order valence-electron chi connectivity index (χ4n) is 11.4. The van der Waals surface area contributed by atoms with Crippen molar-refractivity contribution in [2.75, 3.05) is 78.5 Å². The average Bonchev–Trinajstić information content (AvgIpc) is 1.46. The van der Waals surface area contributed by atoms with E-state index in [9.17, 15) is 28.8 Å². The molecule has 12 heterocycles. The zero-order valence-electron chi connectivity index (χ0n) is 54.3. The normalized spacial score (nSPS) is 14.2. The maximum Gasteiger partial charge on any atom is 0.325 e. The van der Waals surface area contributed by atoms with E-state index in [4.69, 9.17) is 10.8 Å². The van der Waals surface area contributed by atoms with Gasteiger partial charge in [-0.2, -0.15) is 15.3 Å². The Morgan fingerprint density at radius 3 is 1.07 bits per heavy atom. The van der Waals surface area contributed by atoms with E-state index >= 15 is 0 Å². The molecule has 3 aliphatic rings. The van der Waals surface area contributed by atoms with Crippen LogP contribution in [0.25, 0.3) is 51.6 Å². The molecule has 94 heavy (non-hydrogen) atoms. The van der Waals surface area contributed by atoms with E-state index < -0.39 is 5.97 Å². The van der Waals surface area contributed by atoms with Crippen molar-refractivity contribution in [1.29, 1.82) is 0 Å². The first kappa shape index (κ1) is 68.5. The molecule has 8 N–H and O–H groups in total. The van der Waals surface area contributed by atoms with Crippen LogP contribution in [0, 0.1) is 0 Å². The predicted octanol–water partition coefficient (Wildman–Crippen LogP) is 3.38. The molecule has 0 radical (unpaired) electrons. The molecule has 3 saturated heterocycles. The van der Waals surface area contributed by atoms with Gasteiger partial charge in [0.25, 0.3) is 16.7 Å². The smallest absolute Gasteiger partial charge is 0.325 e. The van der Waals surface area contributed by atoms with Crippen LogP contribution in [0.4, 0.5) is 0 Å². The first-order valence-corrected chi connectivity index (χ1v) is 32.0. The maximum atomic E-state index is 12.8. The highest BCUT2D eigenvalue weighted by Crippen LogP contribution is 2.28. The lowest BCUT2D eigenvalue weighted by molar-refractivity contribution is -0.138. The van der Waals surface area contributed by atoms with Crippen molar-refractivity contribution in [3.63, 3.8) is 0 Å². The van der Waals surface area contributed by atoms with Crippen LogP contribution in [0.15, 0.2) is 108 Å². The number of H-pyrrole nitrogens is 3.